The average molecular weight is 395 g/mol. The van der Waals surface area contributed by atoms with Crippen LogP contribution in [0.15, 0.2) is 42.7 Å². The molecular formula is C22H22FN3O3. The molecule has 1 aliphatic rings. The van der Waals surface area contributed by atoms with Gasteiger partial charge in [-0.2, -0.15) is 0 Å². The molecule has 6 nitrogen and oxygen atoms in total. The van der Waals surface area contributed by atoms with Crippen LogP contribution in [-0.4, -0.2) is 36.1 Å². The van der Waals surface area contributed by atoms with E-state index in [1.165, 1.54) is 12.1 Å². The molecule has 0 aliphatic heterocycles. The number of carbonyl (C=O) groups excluding carboxylic acids is 1. The second kappa shape index (κ2) is 8.45. The molecule has 0 bridgehead atoms. The third-order valence-corrected chi connectivity index (χ3v) is 4.88. The smallest absolute Gasteiger partial charge is 0.166 e. The summed E-state index contributed by atoms with van der Waals surface area (Å²) in [4.78, 5) is 20.3. The lowest BCUT2D eigenvalue weighted by Gasteiger charge is -2.15. The highest BCUT2D eigenvalue weighted by Gasteiger charge is 2.28. The van der Waals surface area contributed by atoms with Crippen molar-refractivity contribution in [2.75, 3.05) is 25.6 Å². The maximum atomic E-state index is 13.7. The summed E-state index contributed by atoms with van der Waals surface area (Å²) >= 11 is 0. The van der Waals surface area contributed by atoms with E-state index in [4.69, 9.17) is 9.47 Å². The van der Waals surface area contributed by atoms with Crippen LogP contribution in [0.5, 0.6) is 5.75 Å². The summed E-state index contributed by atoms with van der Waals surface area (Å²) in [5.41, 5.74) is 4.23. The van der Waals surface area contributed by atoms with Crippen molar-refractivity contribution in [1.29, 1.82) is 0 Å². The first-order chi connectivity index (χ1) is 14.2. The molecule has 0 atom stereocenters. The van der Waals surface area contributed by atoms with E-state index in [2.05, 4.69) is 15.3 Å². The predicted molar refractivity (Wildman–Crippen MR) is 108 cm³/mol. The van der Waals surface area contributed by atoms with Gasteiger partial charge in [0.2, 0.25) is 0 Å². The van der Waals surface area contributed by atoms with E-state index >= 15 is 0 Å². The molecule has 0 saturated carbocycles. The Morgan fingerprint density at radius 1 is 1.24 bits per heavy atom. The zero-order valence-corrected chi connectivity index (χ0v) is 16.1. The Bertz CT molecular complexity index is 1030. The molecule has 0 saturated heterocycles. The summed E-state index contributed by atoms with van der Waals surface area (Å²) in [6, 6.07) is 8.01. The second-order valence-electron chi connectivity index (χ2n) is 6.85. The Balaban J connectivity index is 1.81. The van der Waals surface area contributed by atoms with Crippen molar-refractivity contribution in [2.45, 2.75) is 19.3 Å². The number of rotatable bonds is 7. The van der Waals surface area contributed by atoms with Crippen molar-refractivity contribution < 1.29 is 18.7 Å². The molecule has 0 amide bonds. The zero-order valence-electron chi connectivity index (χ0n) is 16.1. The molecule has 3 aromatic rings. The standard InChI is InChI=1S/C22H22FN3O3/c1-28-10-11-29-19-13-24-9-8-16(19)21-22(25-15-5-2-4-14(23)12-15)20-17(26-21)6-3-7-18(20)27/h2,4-5,8-9,12-13,25-26H,3,6-7,10-11H2,1H3. The van der Waals surface area contributed by atoms with E-state index in [1.807, 2.05) is 6.07 Å². The number of fused-ring (bicyclic) bond motifs is 1. The van der Waals surface area contributed by atoms with Gasteiger partial charge >= 0.3 is 0 Å². The van der Waals surface area contributed by atoms with Crippen molar-refractivity contribution >= 4 is 17.2 Å². The van der Waals surface area contributed by atoms with Gasteiger partial charge in [0, 0.05) is 36.7 Å². The number of ketones is 1. The molecule has 2 aromatic heterocycles. The largest absolute Gasteiger partial charge is 0.489 e. The third kappa shape index (κ3) is 4.00. The molecule has 1 aromatic carbocycles. The number of hydrogen-bond donors (Lipinski definition) is 2. The van der Waals surface area contributed by atoms with E-state index in [-0.39, 0.29) is 11.6 Å². The van der Waals surface area contributed by atoms with Gasteiger partial charge in [-0.25, -0.2) is 4.39 Å². The number of benzene rings is 1. The normalized spacial score (nSPS) is 13.2. The number of H-pyrrole nitrogens is 1. The van der Waals surface area contributed by atoms with Crippen molar-refractivity contribution in [3.63, 3.8) is 0 Å². The number of nitrogens with zero attached hydrogens (tertiary/aromatic N) is 1. The molecule has 2 N–H and O–H groups in total. The predicted octanol–water partition coefficient (Wildman–Crippen LogP) is 4.50. The van der Waals surface area contributed by atoms with Crippen LogP contribution < -0.4 is 10.1 Å². The molecule has 0 unspecified atom stereocenters. The van der Waals surface area contributed by atoms with E-state index < -0.39 is 0 Å². The van der Waals surface area contributed by atoms with Crippen LogP contribution in [-0.2, 0) is 11.2 Å². The van der Waals surface area contributed by atoms with Gasteiger partial charge in [-0.3, -0.25) is 9.78 Å². The van der Waals surface area contributed by atoms with Gasteiger partial charge in [0.15, 0.2) is 5.78 Å². The van der Waals surface area contributed by atoms with E-state index in [1.54, 1.807) is 31.6 Å². The van der Waals surface area contributed by atoms with Crippen LogP contribution in [0.25, 0.3) is 11.3 Å². The maximum Gasteiger partial charge on any atom is 0.166 e. The summed E-state index contributed by atoms with van der Waals surface area (Å²) in [6.45, 7) is 0.823. The minimum atomic E-state index is -0.347. The molecule has 4 rings (SSSR count). The van der Waals surface area contributed by atoms with E-state index in [0.29, 0.717) is 42.3 Å². The lowest BCUT2D eigenvalue weighted by molar-refractivity contribution is 0.0973. The van der Waals surface area contributed by atoms with Crippen LogP contribution >= 0.6 is 0 Å². The number of pyridine rings is 1. The van der Waals surface area contributed by atoms with Crippen LogP contribution in [0.2, 0.25) is 0 Å². The molecule has 1 aliphatic carbocycles. The number of Topliss-reactive ketones (excluding diaryl/α,β-unsaturated/α-hetero) is 1. The first-order valence-corrected chi connectivity index (χ1v) is 9.54. The molecule has 7 heteroatoms. The van der Waals surface area contributed by atoms with Crippen molar-refractivity contribution in [3.8, 4) is 17.0 Å². The summed E-state index contributed by atoms with van der Waals surface area (Å²) in [5.74, 6) is 0.307. The molecule has 2 heterocycles. The first kappa shape index (κ1) is 19.1. The molecule has 150 valence electrons. The summed E-state index contributed by atoms with van der Waals surface area (Å²) in [6.07, 6.45) is 5.39. The van der Waals surface area contributed by atoms with Crippen LogP contribution in [0.1, 0.15) is 28.9 Å². The number of ether oxygens (including phenoxy) is 2. The number of hydrogen-bond acceptors (Lipinski definition) is 5. The van der Waals surface area contributed by atoms with E-state index in [0.717, 1.165) is 29.8 Å². The number of nitrogens with one attached hydrogen (secondary N) is 2. The summed E-state index contributed by atoms with van der Waals surface area (Å²) in [5, 5.41) is 3.25. The zero-order chi connectivity index (χ0) is 20.2. The van der Waals surface area contributed by atoms with Crippen molar-refractivity contribution in [2.24, 2.45) is 0 Å². The van der Waals surface area contributed by atoms with Crippen molar-refractivity contribution in [1.82, 2.24) is 9.97 Å². The highest BCUT2D eigenvalue weighted by atomic mass is 19.1. The number of aryl methyl sites for hydroxylation is 1. The Kier molecular flexibility index (Phi) is 5.57. The quantitative estimate of drug-likeness (QED) is 0.576. The molecule has 0 fully saturated rings. The fourth-order valence-electron chi connectivity index (χ4n) is 3.57. The Morgan fingerprint density at radius 2 is 2.14 bits per heavy atom. The lowest BCUT2D eigenvalue weighted by atomic mass is 9.95. The van der Waals surface area contributed by atoms with Crippen LogP contribution in [0.3, 0.4) is 0 Å². The Labute approximate surface area is 168 Å². The number of aromatic nitrogens is 2. The fourth-order valence-corrected chi connectivity index (χ4v) is 3.57. The summed E-state index contributed by atoms with van der Waals surface area (Å²) in [7, 11) is 1.61. The Morgan fingerprint density at radius 3 is 2.97 bits per heavy atom. The molecular weight excluding hydrogens is 373 g/mol. The number of carbonyl (C=O) groups is 1. The number of anilines is 2. The molecule has 0 radical (unpaired) electrons. The van der Waals surface area contributed by atoms with E-state index in [9.17, 15) is 9.18 Å². The highest BCUT2D eigenvalue weighted by molar-refractivity contribution is 6.07. The number of halogens is 1. The minimum absolute atomic E-state index is 0.0727. The lowest BCUT2D eigenvalue weighted by Crippen LogP contribution is -2.10. The first-order valence-electron chi connectivity index (χ1n) is 9.54. The second-order valence-corrected chi connectivity index (χ2v) is 6.85. The van der Waals surface area contributed by atoms with Crippen molar-refractivity contribution in [3.05, 3.63) is 59.8 Å². The number of aromatic amines is 1. The third-order valence-electron chi connectivity index (χ3n) is 4.88. The SMILES string of the molecule is COCCOc1cnccc1-c1[nH]c2c(c1Nc1cccc(F)c1)C(=O)CCC2. The number of methoxy groups -OCH3 is 1. The monoisotopic (exact) mass is 395 g/mol. The molecule has 0 spiro atoms. The topological polar surface area (TPSA) is 76.2 Å². The van der Waals surface area contributed by atoms with Crippen LogP contribution in [0, 0.1) is 5.82 Å². The molecule has 29 heavy (non-hydrogen) atoms. The fraction of sp³-hybridized carbons (Fsp3) is 0.273. The van der Waals surface area contributed by atoms with Gasteiger partial charge in [-0.05, 0) is 37.1 Å². The van der Waals surface area contributed by atoms with Gasteiger partial charge < -0.3 is 19.8 Å². The van der Waals surface area contributed by atoms with Gasteiger partial charge in [0.25, 0.3) is 0 Å². The van der Waals surface area contributed by atoms with Gasteiger partial charge in [-0.1, -0.05) is 6.07 Å². The summed E-state index contributed by atoms with van der Waals surface area (Å²) < 4.78 is 24.6. The van der Waals surface area contributed by atoms with Crippen LogP contribution in [0.4, 0.5) is 15.8 Å². The van der Waals surface area contributed by atoms with Gasteiger partial charge in [0.05, 0.1) is 29.7 Å². The van der Waals surface area contributed by atoms with Gasteiger partial charge in [-0.15, -0.1) is 0 Å². The van der Waals surface area contributed by atoms with Gasteiger partial charge in [0.1, 0.15) is 18.2 Å². The maximum absolute atomic E-state index is 13.7. The highest BCUT2D eigenvalue weighted by Crippen LogP contribution is 2.41. The minimum Gasteiger partial charge on any atom is -0.489 e. The average Bonchev–Trinajstić information content (AvgIpc) is 3.08. The Hall–Kier alpha value is -3.19.